The lowest BCUT2D eigenvalue weighted by molar-refractivity contribution is -0.0566. The SMILES string of the molecule is COC1C(COP(=O)(O)CP(=O)(O)OP(=O)(O)CP(=O)(O)OCC2OC(n3cnc4c(N)ncnc43)C(OC)C2OC)OC(n2cnc3c(N)ncnc32)C1OC. The van der Waals surface area contributed by atoms with Crippen molar-refractivity contribution < 1.29 is 79.6 Å². The third-order valence-electron chi connectivity index (χ3n) is 8.83. The van der Waals surface area contributed by atoms with E-state index in [0.717, 1.165) is 0 Å². The van der Waals surface area contributed by atoms with Gasteiger partial charge in [-0.05, 0) is 0 Å². The molecule has 0 spiro atoms. The number of hydrogen-bond donors (Lipinski definition) is 6. The van der Waals surface area contributed by atoms with Gasteiger partial charge in [-0.15, -0.1) is 0 Å². The molecule has 2 aliphatic rings. The smallest absolute Gasteiger partial charge is 0.347 e. The Morgan fingerprint density at radius 2 is 0.965 bits per heavy atom. The first-order chi connectivity index (χ1) is 26.8. The molecule has 57 heavy (non-hydrogen) atoms. The summed E-state index contributed by atoms with van der Waals surface area (Å²) >= 11 is 0. The van der Waals surface area contributed by atoms with Gasteiger partial charge in [0.1, 0.15) is 60.3 Å². The summed E-state index contributed by atoms with van der Waals surface area (Å²) in [5.41, 5.74) is 12.9. The third-order valence-corrected chi connectivity index (χ3v) is 17.7. The van der Waals surface area contributed by atoms with Crippen molar-refractivity contribution in [2.24, 2.45) is 0 Å². The number of rotatable bonds is 18. The van der Waals surface area contributed by atoms with Gasteiger partial charge in [-0.1, -0.05) is 0 Å². The highest BCUT2D eigenvalue weighted by Crippen LogP contribution is 2.69. The number of fused-ring (bicyclic) bond motifs is 2. The molecule has 0 aliphatic carbocycles. The van der Waals surface area contributed by atoms with Crippen molar-refractivity contribution in [1.82, 2.24) is 39.0 Å². The van der Waals surface area contributed by atoms with Crippen LogP contribution in [0.2, 0.25) is 0 Å². The fourth-order valence-corrected chi connectivity index (χ4v) is 14.4. The highest BCUT2D eigenvalue weighted by atomic mass is 31.3. The summed E-state index contributed by atoms with van der Waals surface area (Å²) < 4.78 is 103. The summed E-state index contributed by atoms with van der Waals surface area (Å²) in [5, 5.41) is 0. The lowest BCUT2D eigenvalue weighted by Crippen LogP contribution is -2.37. The number of nitrogens with zero attached hydrogens (tertiary/aromatic N) is 8. The van der Waals surface area contributed by atoms with Crippen LogP contribution in [-0.4, -0.2) is 149 Å². The molecule has 6 rings (SSSR count). The predicted molar refractivity (Wildman–Crippen MR) is 193 cm³/mol. The van der Waals surface area contributed by atoms with E-state index in [1.165, 1.54) is 62.9 Å². The Kier molecular flexibility index (Phi) is 13.0. The Bertz CT molecular complexity index is 2110. The van der Waals surface area contributed by atoms with Gasteiger partial charge in [-0.25, -0.2) is 34.2 Å². The molecule has 27 nitrogen and oxygen atoms in total. The van der Waals surface area contributed by atoms with E-state index < -0.39 is 104 Å². The van der Waals surface area contributed by atoms with E-state index in [2.05, 4.69) is 34.2 Å². The van der Waals surface area contributed by atoms with Crippen LogP contribution in [-0.2, 0) is 60.0 Å². The molecule has 2 aliphatic heterocycles. The van der Waals surface area contributed by atoms with Crippen LogP contribution in [0, 0.1) is 0 Å². The first kappa shape index (κ1) is 43.7. The Balaban J connectivity index is 1.05. The number of aromatic nitrogens is 8. The molecule has 2 saturated heterocycles. The molecule has 4 aromatic rings. The Labute approximate surface area is 322 Å². The lowest BCUT2D eigenvalue weighted by atomic mass is 10.1. The van der Waals surface area contributed by atoms with Crippen LogP contribution in [0.5, 0.6) is 0 Å². The molecule has 0 saturated carbocycles. The number of nitrogens with two attached hydrogens (primary N) is 2. The molecule has 8 N–H and O–H groups in total. The Hall–Kier alpha value is -2.90. The fraction of sp³-hybridized carbons (Fsp3) is 0.615. The second kappa shape index (κ2) is 17.0. The minimum absolute atomic E-state index is 0.101. The highest BCUT2D eigenvalue weighted by Gasteiger charge is 2.50. The zero-order valence-corrected chi connectivity index (χ0v) is 34.0. The number of methoxy groups -OCH3 is 4. The van der Waals surface area contributed by atoms with Gasteiger partial charge in [0.25, 0.3) is 0 Å². The maximum atomic E-state index is 13.0. The van der Waals surface area contributed by atoms with E-state index in [1.54, 1.807) is 0 Å². The molecule has 2 fully saturated rings. The first-order valence-corrected chi connectivity index (χ1v) is 23.4. The molecule has 4 aromatic heterocycles. The first-order valence-electron chi connectivity index (χ1n) is 16.4. The predicted octanol–water partition coefficient (Wildman–Crippen LogP) is 0.392. The standard InChI is InChI=1S/C26H40N10O17P4/c1-45-17-13(51-25(19(17)47-3)35-9-33-15-21(27)29-7-31-23(15)35)5-49-54(37,38)11-56(41,42)53-57(43,44)12-55(39,40)50-6-14-18(46-2)20(48-4)26(52-14)36-10-34-16-22(28)30-8-32-24(16)36/h7-10,13-14,17-20,25-26H,5-6,11-12H2,1-4H3,(H,37,38)(H,39,40)(H,41,42)(H,43,44)(H2,27,29,31)(H2,28,30,32). The Morgan fingerprint density at radius 1 is 0.596 bits per heavy atom. The molecule has 0 amide bonds. The third kappa shape index (κ3) is 9.45. The lowest BCUT2D eigenvalue weighted by Gasteiger charge is -2.24. The summed E-state index contributed by atoms with van der Waals surface area (Å²) in [7, 11) is -15.9. The topological polar surface area (TPSA) is 372 Å². The molecule has 0 bridgehead atoms. The van der Waals surface area contributed by atoms with Crippen LogP contribution < -0.4 is 11.5 Å². The summed E-state index contributed by atoms with van der Waals surface area (Å²) in [6.07, 6.45) is -2.58. The minimum Gasteiger partial charge on any atom is -0.382 e. The molecule has 12 unspecified atom stereocenters. The minimum atomic E-state index is -5.50. The zero-order chi connectivity index (χ0) is 41.5. The van der Waals surface area contributed by atoms with Crippen molar-refractivity contribution in [3.05, 3.63) is 25.3 Å². The molecule has 12 atom stereocenters. The zero-order valence-electron chi connectivity index (χ0n) is 30.4. The van der Waals surface area contributed by atoms with E-state index in [-0.39, 0.29) is 34.0 Å². The van der Waals surface area contributed by atoms with Crippen molar-refractivity contribution in [3.8, 4) is 0 Å². The number of anilines is 2. The molecular weight excluding hydrogens is 848 g/mol. The van der Waals surface area contributed by atoms with Gasteiger partial charge in [0, 0.05) is 28.4 Å². The summed E-state index contributed by atoms with van der Waals surface area (Å²) in [5.74, 6) is -3.19. The van der Waals surface area contributed by atoms with Gasteiger partial charge < -0.3 is 68.5 Å². The Morgan fingerprint density at radius 3 is 1.32 bits per heavy atom. The largest absolute Gasteiger partial charge is 0.382 e. The number of hydrogen-bond acceptors (Lipinski definition) is 21. The normalized spacial score (nSPS) is 29.6. The van der Waals surface area contributed by atoms with Gasteiger partial charge >= 0.3 is 30.4 Å². The van der Waals surface area contributed by atoms with E-state index >= 15 is 0 Å². The number of ether oxygens (including phenoxy) is 6. The van der Waals surface area contributed by atoms with Crippen molar-refractivity contribution in [2.75, 3.05) is 64.9 Å². The van der Waals surface area contributed by atoms with Gasteiger partial charge in [0.15, 0.2) is 47.2 Å². The van der Waals surface area contributed by atoms with Crippen LogP contribution in [0.3, 0.4) is 0 Å². The van der Waals surface area contributed by atoms with Crippen LogP contribution in [0.15, 0.2) is 25.3 Å². The van der Waals surface area contributed by atoms with Crippen LogP contribution >= 0.6 is 30.4 Å². The average Bonchev–Trinajstić information content (AvgIpc) is 3.90. The summed E-state index contributed by atoms with van der Waals surface area (Å²) in [6.45, 7) is -1.42. The second-order valence-electron chi connectivity index (χ2n) is 12.6. The van der Waals surface area contributed by atoms with E-state index in [1.807, 2.05) is 0 Å². The van der Waals surface area contributed by atoms with Crippen molar-refractivity contribution in [1.29, 1.82) is 0 Å². The summed E-state index contributed by atoms with van der Waals surface area (Å²) in [6, 6.07) is 0. The van der Waals surface area contributed by atoms with Crippen molar-refractivity contribution in [3.63, 3.8) is 0 Å². The van der Waals surface area contributed by atoms with Crippen molar-refractivity contribution >= 4 is 64.3 Å². The molecule has 316 valence electrons. The van der Waals surface area contributed by atoms with Crippen molar-refractivity contribution in [2.45, 2.75) is 49.1 Å². The van der Waals surface area contributed by atoms with Crippen LogP contribution in [0.4, 0.5) is 11.6 Å². The number of imidazole rings is 2. The van der Waals surface area contributed by atoms with E-state index in [9.17, 15) is 37.8 Å². The molecule has 31 heteroatoms. The maximum absolute atomic E-state index is 13.0. The van der Waals surface area contributed by atoms with Crippen LogP contribution in [0.1, 0.15) is 12.5 Å². The van der Waals surface area contributed by atoms with Gasteiger partial charge in [0.05, 0.1) is 25.9 Å². The molecule has 0 radical (unpaired) electrons. The average molecular weight is 889 g/mol. The van der Waals surface area contributed by atoms with Gasteiger partial charge in [0.2, 0.25) is 0 Å². The molecule has 0 aromatic carbocycles. The van der Waals surface area contributed by atoms with Gasteiger partial charge in [-0.2, -0.15) is 0 Å². The highest BCUT2D eigenvalue weighted by molar-refractivity contribution is 7.78. The quantitative estimate of drug-likeness (QED) is 0.0736. The van der Waals surface area contributed by atoms with Crippen LogP contribution in [0.25, 0.3) is 22.3 Å². The van der Waals surface area contributed by atoms with Gasteiger partial charge in [-0.3, -0.25) is 27.4 Å². The number of nitrogen functional groups attached to an aromatic ring is 2. The molecule has 6 heterocycles. The maximum Gasteiger partial charge on any atom is 0.347 e. The summed E-state index contributed by atoms with van der Waals surface area (Å²) in [4.78, 5) is 66.2. The monoisotopic (exact) mass is 888 g/mol. The molecular formula is C26H40N10O17P4. The second-order valence-corrected chi connectivity index (χ2v) is 21.1. The van der Waals surface area contributed by atoms with E-state index in [4.69, 9.17) is 48.9 Å². The van der Waals surface area contributed by atoms with E-state index in [0.29, 0.717) is 0 Å². The fourth-order valence-electron chi connectivity index (χ4n) is 6.48.